The van der Waals surface area contributed by atoms with Crippen LogP contribution in [0, 0.1) is 18.6 Å². The van der Waals surface area contributed by atoms with Gasteiger partial charge in [0.15, 0.2) is 17.4 Å². The van der Waals surface area contributed by atoms with Crippen LogP contribution in [0.25, 0.3) is 11.3 Å². The van der Waals surface area contributed by atoms with Gasteiger partial charge in [-0.1, -0.05) is 17.7 Å². The van der Waals surface area contributed by atoms with Gasteiger partial charge in [-0.3, -0.25) is 9.48 Å². The predicted octanol–water partition coefficient (Wildman–Crippen LogP) is 3.22. The van der Waals surface area contributed by atoms with Crippen molar-refractivity contribution in [1.29, 1.82) is 0 Å². The van der Waals surface area contributed by atoms with Gasteiger partial charge in [-0.2, -0.15) is 5.10 Å². The molecule has 0 saturated carbocycles. The van der Waals surface area contributed by atoms with E-state index in [1.165, 1.54) is 12.3 Å². The number of aryl methyl sites for hydroxylation is 2. The lowest BCUT2D eigenvalue weighted by Gasteiger charge is -2.16. The van der Waals surface area contributed by atoms with Crippen LogP contribution in [-0.4, -0.2) is 28.3 Å². The molecule has 28 heavy (non-hydrogen) atoms. The smallest absolute Gasteiger partial charge is 0.287 e. The zero-order valence-electron chi connectivity index (χ0n) is 15.3. The Kier molecular flexibility index (Phi) is 5.81. The monoisotopic (exact) mass is 408 g/mol. The van der Waals surface area contributed by atoms with Crippen LogP contribution in [0.5, 0.6) is 0 Å². The van der Waals surface area contributed by atoms with Crippen molar-refractivity contribution in [3.63, 3.8) is 0 Å². The zero-order chi connectivity index (χ0) is 20.4. The molecule has 2 heterocycles. The van der Waals surface area contributed by atoms with E-state index < -0.39 is 23.6 Å². The van der Waals surface area contributed by atoms with Crippen LogP contribution in [0.4, 0.5) is 8.78 Å². The number of nitrogens with zero attached hydrogens (tertiary/aromatic N) is 2. The lowest BCUT2D eigenvalue weighted by Crippen LogP contribution is -2.41. The van der Waals surface area contributed by atoms with Gasteiger partial charge in [0, 0.05) is 25.2 Å². The number of hydrogen-bond donors (Lipinski definition) is 2. The van der Waals surface area contributed by atoms with Gasteiger partial charge in [0.05, 0.1) is 16.9 Å². The molecule has 1 amide bonds. The van der Waals surface area contributed by atoms with Crippen molar-refractivity contribution in [2.45, 2.75) is 19.4 Å². The quantitative estimate of drug-likeness (QED) is 0.655. The van der Waals surface area contributed by atoms with E-state index in [0.29, 0.717) is 27.6 Å². The summed E-state index contributed by atoms with van der Waals surface area (Å²) in [5.41, 5.74) is 7.54. The van der Waals surface area contributed by atoms with E-state index in [9.17, 15) is 13.6 Å². The highest BCUT2D eigenvalue weighted by atomic mass is 35.5. The Morgan fingerprint density at radius 2 is 2.11 bits per heavy atom. The summed E-state index contributed by atoms with van der Waals surface area (Å²) in [6.45, 7) is 1.84. The predicted molar refractivity (Wildman–Crippen MR) is 101 cm³/mol. The fraction of sp³-hybridized carbons (Fsp3) is 0.263. The summed E-state index contributed by atoms with van der Waals surface area (Å²) in [7, 11) is 1.74. The van der Waals surface area contributed by atoms with Crippen molar-refractivity contribution in [3.8, 4) is 11.3 Å². The third kappa shape index (κ3) is 4.07. The Balaban J connectivity index is 1.76. The number of halogens is 3. The maximum Gasteiger partial charge on any atom is 0.287 e. The van der Waals surface area contributed by atoms with E-state index in [4.69, 9.17) is 21.8 Å². The summed E-state index contributed by atoms with van der Waals surface area (Å²) in [4.78, 5) is 12.6. The second-order valence-electron chi connectivity index (χ2n) is 6.40. The van der Waals surface area contributed by atoms with Crippen molar-refractivity contribution in [2.24, 2.45) is 12.8 Å². The lowest BCUT2D eigenvalue weighted by atomic mass is 10.1. The summed E-state index contributed by atoms with van der Waals surface area (Å²) in [6.07, 6.45) is 1.76. The van der Waals surface area contributed by atoms with Gasteiger partial charge < -0.3 is 15.5 Å². The molecule has 3 aromatic rings. The molecule has 1 atom stereocenters. The van der Waals surface area contributed by atoms with Crippen LogP contribution in [0.3, 0.4) is 0 Å². The summed E-state index contributed by atoms with van der Waals surface area (Å²) in [5.74, 6) is -1.73. The minimum atomic E-state index is -0.945. The molecular formula is C19H19ClF2N4O2. The van der Waals surface area contributed by atoms with Crippen molar-refractivity contribution in [2.75, 3.05) is 6.54 Å². The summed E-state index contributed by atoms with van der Waals surface area (Å²) < 4.78 is 33.6. The average Bonchev–Trinajstić information content (AvgIpc) is 3.19. The summed E-state index contributed by atoms with van der Waals surface area (Å²) in [6, 6.07) is 4.68. The summed E-state index contributed by atoms with van der Waals surface area (Å²) in [5, 5.41) is 7.27. The molecule has 0 bridgehead atoms. The highest BCUT2D eigenvalue weighted by Gasteiger charge is 2.21. The molecule has 0 aliphatic rings. The number of nitrogens with one attached hydrogen (secondary N) is 1. The van der Waals surface area contributed by atoms with Crippen LogP contribution in [0.2, 0.25) is 5.02 Å². The number of furan rings is 1. The Labute approximate surface area is 165 Å². The minimum Gasteiger partial charge on any atom is -0.455 e. The highest BCUT2D eigenvalue weighted by Crippen LogP contribution is 2.32. The minimum absolute atomic E-state index is 0.0912. The number of amides is 1. The van der Waals surface area contributed by atoms with Crippen LogP contribution >= 0.6 is 11.6 Å². The molecule has 0 saturated heterocycles. The summed E-state index contributed by atoms with van der Waals surface area (Å²) >= 11 is 6.16. The van der Waals surface area contributed by atoms with Crippen molar-refractivity contribution in [3.05, 3.63) is 64.2 Å². The Morgan fingerprint density at radius 3 is 2.71 bits per heavy atom. The maximum absolute atomic E-state index is 13.4. The van der Waals surface area contributed by atoms with Crippen molar-refractivity contribution in [1.82, 2.24) is 15.1 Å². The second-order valence-corrected chi connectivity index (χ2v) is 6.81. The third-order valence-corrected chi connectivity index (χ3v) is 4.65. The molecule has 6 nitrogen and oxygen atoms in total. The van der Waals surface area contributed by atoms with Crippen molar-refractivity contribution < 1.29 is 18.0 Å². The van der Waals surface area contributed by atoms with E-state index in [0.717, 1.165) is 12.1 Å². The number of benzene rings is 1. The van der Waals surface area contributed by atoms with Gasteiger partial charge in [-0.25, -0.2) is 8.78 Å². The number of rotatable bonds is 6. The van der Waals surface area contributed by atoms with E-state index in [1.807, 2.05) is 0 Å². The molecular weight excluding hydrogens is 390 g/mol. The first-order valence-electron chi connectivity index (χ1n) is 8.53. The number of aromatic nitrogens is 2. The molecule has 3 N–H and O–H groups in total. The molecule has 0 aliphatic heterocycles. The Hall–Kier alpha value is -2.71. The number of carbonyl (C=O) groups excluding carboxylic acids is 1. The first kappa shape index (κ1) is 20.0. The third-order valence-electron chi connectivity index (χ3n) is 4.38. The highest BCUT2D eigenvalue weighted by molar-refractivity contribution is 6.33. The molecule has 3 rings (SSSR count). The van der Waals surface area contributed by atoms with Gasteiger partial charge in [0.25, 0.3) is 5.91 Å². The molecule has 148 valence electrons. The molecule has 1 aromatic carbocycles. The molecule has 2 aromatic heterocycles. The Bertz CT molecular complexity index is 996. The first-order valence-corrected chi connectivity index (χ1v) is 8.91. The van der Waals surface area contributed by atoms with Gasteiger partial charge in [0.1, 0.15) is 5.76 Å². The van der Waals surface area contributed by atoms with Crippen LogP contribution < -0.4 is 11.1 Å². The largest absolute Gasteiger partial charge is 0.455 e. The fourth-order valence-electron chi connectivity index (χ4n) is 2.94. The number of nitrogens with two attached hydrogens (primary N) is 1. The Morgan fingerprint density at radius 1 is 1.36 bits per heavy atom. The molecule has 0 radical (unpaired) electrons. The molecule has 9 heteroatoms. The zero-order valence-corrected chi connectivity index (χ0v) is 16.1. The van der Waals surface area contributed by atoms with Crippen LogP contribution in [0.1, 0.15) is 21.9 Å². The average molecular weight is 409 g/mol. The van der Waals surface area contributed by atoms with Gasteiger partial charge in [-0.15, -0.1) is 0 Å². The molecule has 0 unspecified atom stereocenters. The molecule has 0 spiro atoms. The van der Waals surface area contributed by atoms with E-state index in [-0.39, 0.29) is 18.7 Å². The second kappa shape index (κ2) is 8.12. The number of carbonyl (C=O) groups is 1. The van der Waals surface area contributed by atoms with E-state index >= 15 is 0 Å². The number of hydrogen-bond acceptors (Lipinski definition) is 4. The van der Waals surface area contributed by atoms with E-state index in [1.54, 1.807) is 24.7 Å². The van der Waals surface area contributed by atoms with Gasteiger partial charge in [0.2, 0.25) is 0 Å². The lowest BCUT2D eigenvalue weighted by molar-refractivity contribution is 0.0908. The van der Waals surface area contributed by atoms with E-state index in [2.05, 4.69) is 10.4 Å². The SMILES string of the molecule is Cc1oc(C(=O)N[C@H](CN)Cc2ccc(F)c(F)c2)cc1-c1c(Cl)cnn1C. The topological polar surface area (TPSA) is 86.1 Å². The van der Waals surface area contributed by atoms with Crippen LogP contribution in [-0.2, 0) is 13.5 Å². The van der Waals surface area contributed by atoms with Gasteiger partial charge >= 0.3 is 0 Å². The standard InChI is InChI=1S/C19H19ClF2N4O2/c1-10-13(18-14(20)9-24-26(18)2)7-17(28-10)19(27)25-12(8-23)5-11-3-4-15(21)16(22)6-11/h3-4,6-7,9,12H,5,8,23H2,1-2H3,(H,25,27)/t12-/m0/s1. The van der Waals surface area contributed by atoms with Crippen LogP contribution in [0.15, 0.2) is 34.9 Å². The first-order chi connectivity index (χ1) is 13.3. The molecule has 0 fully saturated rings. The molecule has 0 aliphatic carbocycles. The van der Waals surface area contributed by atoms with Gasteiger partial charge in [-0.05, 0) is 37.1 Å². The fourth-order valence-corrected chi connectivity index (χ4v) is 3.21. The van der Waals surface area contributed by atoms with Crippen molar-refractivity contribution >= 4 is 17.5 Å². The normalized spacial score (nSPS) is 12.2. The maximum atomic E-state index is 13.4.